The van der Waals surface area contributed by atoms with Crippen LogP contribution in [-0.4, -0.2) is 21.2 Å². The van der Waals surface area contributed by atoms with Crippen molar-refractivity contribution in [3.63, 3.8) is 0 Å². The van der Waals surface area contributed by atoms with Gasteiger partial charge in [0.05, 0.1) is 6.20 Å². The summed E-state index contributed by atoms with van der Waals surface area (Å²) in [7, 11) is 0. The Balaban J connectivity index is 1.37. The number of rotatable bonds is 6. The average Bonchev–Trinajstić information content (AvgIpc) is 2.99. The van der Waals surface area contributed by atoms with Crippen LogP contribution >= 0.6 is 0 Å². The molecule has 0 amide bonds. The average molecular weight is 375 g/mol. The summed E-state index contributed by atoms with van der Waals surface area (Å²) in [5.74, 6) is 2.84. The molecule has 1 aliphatic rings. The van der Waals surface area contributed by atoms with Crippen molar-refractivity contribution >= 4 is 17.5 Å². The summed E-state index contributed by atoms with van der Waals surface area (Å²) in [5, 5.41) is 14.9. The van der Waals surface area contributed by atoms with Crippen LogP contribution in [0.4, 0.5) is 17.5 Å². The number of nitrogens with zero attached hydrogens (tertiary/aromatic N) is 3. The summed E-state index contributed by atoms with van der Waals surface area (Å²) >= 11 is 0. The number of hydrogen-bond acceptors (Lipinski definition) is 6. The lowest BCUT2D eigenvalue weighted by Gasteiger charge is -2.16. The topological polar surface area (TPSA) is 72.0 Å². The van der Waals surface area contributed by atoms with Crippen LogP contribution in [0.25, 0.3) is 0 Å². The second-order valence-electron chi connectivity index (χ2n) is 7.06. The van der Waals surface area contributed by atoms with Crippen molar-refractivity contribution in [1.82, 2.24) is 15.2 Å². The highest BCUT2D eigenvalue weighted by molar-refractivity contribution is 5.55. The number of para-hydroxylation sites is 1. The van der Waals surface area contributed by atoms with E-state index in [0.717, 1.165) is 23.0 Å². The molecule has 1 aliphatic carbocycles. The van der Waals surface area contributed by atoms with Gasteiger partial charge in [-0.05, 0) is 49.2 Å². The quantitative estimate of drug-likeness (QED) is 0.551. The van der Waals surface area contributed by atoms with Gasteiger partial charge in [-0.2, -0.15) is 10.1 Å². The molecule has 0 spiro atoms. The summed E-state index contributed by atoms with van der Waals surface area (Å²) in [6.45, 7) is 0. The van der Waals surface area contributed by atoms with E-state index in [0.29, 0.717) is 12.0 Å². The molecule has 0 aliphatic heterocycles. The van der Waals surface area contributed by atoms with E-state index in [2.05, 4.69) is 25.8 Å². The number of hydrogen-bond donors (Lipinski definition) is 2. The van der Waals surface area contributed by atoms with Gasteiger partial charge in [0.2, 0.25) is 5.95 Å². The molecule has 0 saturated heterocycles. The van der Waals surface area contributed by atoms with Gasteiger partial charge in [0.15, 0.2) is 5.82 Å². The van der Waals surface area contributed by atoms with Crippen LogP contribution in [0.15, 0.2) is 60.8 Å². The molecule has 144 valence electrons. The Bertz CT molecular complexity index is 862. The minimum absolute atomic E-state index is 0.474. The molecule has 1 saturated carbocycles. The van der Waals surface area contributed by atoms with Crippen molar-refractivity contribution in [2.45, 2.75) is 44.6 Å². The van der Waals surface area contributed by atoms with Gasteiger partial charge < -0.3 is 15.4 Å². The number of nitrogens with one attached hydrogen (secondary N) is 2. The molecule has 2 N–H and O–H groups in total. The number of aromatic nitrogens is 3. The summed E-state index contributed by atoms with van der Waals surface area (Å²) in [6, 6.07) is 17.9. The Labute approximate surface area is 165 Å². The van der Waals surface area contributed by atoms with Crippen molar-refractivity contribution < 1.29 is 4.74 Å². The summed E-state index contributed by atoms with van der Waals surface area (Å²) in [5.41, 5.74) is 0.883. The van der Waals surface area contributed by atoms with E-state index < -0.39 is 0 Å². The lowest BCUT2D eigenvalue weighted by Crippen LogP contribution is -2.19. The highest BCUT2D eigenvalue weighted by atomic mass is 16.5. The van der Waals surface area contributed by atoms with Crippen LogP contribution in [0.3, 0.4) is 0 Å². The molecule has 0 unspecified atom stereocenters. The first-order chi connectivity index (χ1) is 13.8. The van der Waals surface area contributed by atoms with E-state index in [4.69, 9.17) is 4.74 Å². The maximum absolute atomic E-state index is 5.82. The standard InChI is InChI=1S/C22H25N5O/c1-2-5-9-17(8-4-1)24-21-16-23-27-22(26-21)25-18-12-14-20(15-13-18)28-19-10-6-3-7-11-19/h3,6-7,10-17H,1-2,4-5,8-9H2,(H2,24,25,26,27). The van der Waals surface area contributed by atoms with E-state index >= 15 is 0 Å². The smallest absolute Gasteiger partial charge is 0.249 e. The number of benzene rings is 2. The summed E-state index contributed by atoms with van der Waals surface area (Å²) < 4.78 is 5.82. The fraction of sp³-hybridized carbons (Fsp3) is 0.318. The second kappa shape index (κ2) is 9.17. The highest BCUT2D eigenvalue weighted by Gasteiger charge is 2.13. The molecule has 0 radical (unpaired) electrons. The zero-order valence-corrected chi connectivity index (χ0v) is 15.8. The largest absolute Gasteiger partial charge is 0.457 e. The van der Waals surface area contributed by atoms with Crippen LogP contribution < -0.4 is 15.4 Å². The molecule has 3 aromatic rings. The van der Waals surface area contributed by atoms with Crippen molar-refractivity contribution in [2.75, 3.05) is 10.6 Å². The Hall–Kier alpha value is -3.15. The normalized spacial score (nSPS) is 14.9. The van der Waals surface area contributed by atoms with Crippen molar-refractivity contribution in [3.8, 4) is 11.5 Å². The first-order valence-corrected chi connectivity index (χ1v) is 9.91. The van der Waals surface area contributed by atoms with E-state index in [1.54, 1.807) is 6.20 Å². The van der Waals surface area contributed by atoms with Gasteiger partial charge in [0.25, 0.3) is 0 Å². The molecule has 6 heteroatoms. The van der Waals surface area contributed by atoms with Crippen molar-refractivity contribution in [3.05, 3.63) is 60.8 Å². The van der Waals surface area contributed by atoms with Crippen molar-refractivity contribution in [2.24, 2.45) is 0 Å². The van der Waals surface area contributed by atoms with Crippen molar-refractivity contribution in [1.29, 1.82) is 0 Å². The Kier molecular flexibility index (Phi) is 5.97. The highest BCUT2D eigenvalue weighted by Crippen LogP contribution is 2.24. The fourth-order valence-electron chi connectivity index (χ4n) is 3.42. The van der Waals surface area contributed by atoms with Crippen LogP contribution in [0, 0.1) is 0 Å². The monoisotopic (exact) mass is 375 g/mol. The van der Waals surface area contributed by atoms with Gasteiger partial charge >= 0.3 is 0 Å². The maximum atomic E-state index is 5.82. The fourth-order valence-corrected chi connectivity index (χ4v) is 3.42. The second-order valence-corrected chi connectivity index (χ2v) is 7.06. The SMILES string of the molecule is c1ccc(Oc2ccc(Nc3nncc(NC4CCCCCC4)n3)cc2)cc1. The number of anilines is 3. The van der Waals surface area contributed by atoms with Gasteiger partial charge in [0.1, 0.15) is 11.5 Å². The van der Waals surface area contributed by atoms with Crippen LogP contribution in [0.5, 0.6) is 11.5 Å². The third kappa shape index (κ3) is 5.19. The molecule has 0 atom stereocenters. The Morgan fingerprint density at radius 2 is 1.54 bits per heavy atom. The molecule has 28 heavy (non-hydrogen) atoms. The zero-order valence-electron chi connectivity index (χ0n) is 15.8. The number of ether oxygens (including phenoxy) is 1. The van der Waals surface area contributed by atoms with Gasteiger partial charge in [0, 0.05) is 11.7 Å². The molecule has 2 aromatic carbocycles. The van der Waals surface area contributed by atoms with Crippen LogP contribution in [-0.2, 0) is 0 Å². The van der Waals surface area contributed by atoms with Gasteiger partial charge in [-0.15, -0.1) is 5.10 Å². The first kappa shape index (κ1) is 18.2. The third-order valence-corrected chi connectivity index (χ3v) is 4.86. The molecular formula is C22H25N5O. The van der Waals surface area contributed by atoms with E-state index in [9.17, 15) is 0 Å². The summed E-state index contributed by atoms with van der Waals surface area (Å²) in [4.78, 5) is 4.56. The lowest BCUT2D eigenvalue weighted by molar-refractivity contribution is 0.483. The molecular weight excluding hydrogens is 350 g/mol. The van der Waals surface area contributed by atoms with Crippen LogP contribution in [0.1, 0.15) is 38.5 Å². The predicted octanol–water partition coefficient (Wildman–Crippen LogP) is 5.54. The molecule has 6 nitrogen and oxygen atoms in total. The molecule has 1 heterocycles. The molecule has 1 fully saturated rings. The molecule has 0 bridgehead atoms. The maximum Gasteiger partial charge on any atom is 0.249 e. The summed E-state index contributed by atoms with van der Waals surface area (Å²) in [6.07, 6.45) is 9.28. The van der Waals surface area contributed by atoms with Gasteiger partial charge in [-0.25, -0.2) is 0 Å². The molecule has 4 rings (SSSR count). The zero-order chi connectivity index (χ0) is 19.0. The third-order valence-electron chi connectivity index (χ3n) is 4.86. The van der Waals surface area contributed by atoms with E-state index in [-0.39, 0.29) is 0 Å². The minimum Gasteiger partial charge on any atom is -0.457 e. The Morgan fingerprint density at radius 3 is 2.29 bits per heavy atom. The van der Waals surface area contributed by atoms with Gasteiger partial charge in [-0.1, -0.05) is 43.9 Å². The van der Waals surface area contributed by atoms with E-state index in [1.165, 1.54) is 38.5 Å². The van der Waals surface area contributed by atoms with Crippen LogP contribution in [0.2, 0.25) is 0 Å². The lowest BCUT2D eigenvalue weighted by atomic mass is 10.1. The molecule has 1 aromatic heterocycles. The van der Waals surface area contributed by atoms with Gasteiger partial charge in [-0.3, -0.25) is 0 Å². The minimum atomic E-state index is 0.474. The predicted molar refractivity (Wildman–Crippen MR) is 111 cm³/mol. The van der Waals surface area contributed by atoms with E-state index in [1.807, 2.05) is 54.6 Å². The first-order valence-electron chi connectivity index (χ1n) is 9.91. The Morgan fingerprint density at radius 1 is 0.821 bits per heavy atom.